The van der Waals surface area contributed by atoms with E-state index in [0.29, 0.717) is 16.4 Å². The van der Waals surface area contributed by atoms with Gasteiger partial charge in [-0.3, -0.25) is 20.3 Å². The molecular formula is C29H32N6O3S. The molecule has 0 radical (unpaired) electrons. The van der Waals surface area contributed by atoms with Gasteiger partial charge in [-0.25, -0.2) is 0 Å². The van der Waals surface area contributed by atoms with Crippen LogP contribution in [0, 0.1) is 5.41 Å². The fraction of sp³-hybridized carbons (Fsp3) is 0.276. The molecule has 0 aromatic heterocycles. The highest BCUT2D eigenvalue weighted by molar-refractivity contribution is 7.98. The summed E-state index contributed by atoms with van der Waals surface area (Å²) >= 11 is 1.40. The normalized spacial score (nSPS) is 13.8. The van der Waals surface area contributed by atoms with E-state index in [1.807, 2.05) is 24.5 Å². The maximum atomic E-state index is 13.9. The molecule has 3 aromatic carbocycles. The minimum absolute atomic E-state index is 0.0697. The number of thioether (sulfide) groups is 1. The number of hydrogen-bond donors (Lipinski definition) is 4. The lowest BCUT2D eigenvalue weighted by Crippen LogP contribution is -2.31. The largest absolute Gasteiger partial charge is 0.507 e. The maximum absolute atomic E-state index is 13.9. The molecule has 0 aliphatic heterocycles. The number of rotatable bonds is 7. The van der Waals surface area contributed by atoms with Gasteiger partial charge in [-0.2, -0.15) is 0 Å². The Balaban J connectivity index is 1.63. The Morgan fingerprint density at radius 3 is 2.38 bits per heavy atom. The number of phenolic OH excluding ortho intramolecular Hbond substituents is 1. The Kier molecular flexibility index (Phi) is 9.32. The number of nitrogens with zero attached hydrogens (tertiary/aromatic N) is 3. The Hall–Kier alpha value is -4.18. The fourth-order valence-electron chi connectivity index (χ4n) is 4.89. The zero-order valence-corrected chi connectivity index (χ0v) is 22.6. The second kappa shape index (κ2) is 13.1. The number of nitrogens with two attached hydrogens (primary N) is 1. The van der Waals surface area contributed by atoms with Crippen molar-refractivity contribution in [1.82, 2.24) is 5.32 Å². The first kappa shape index (κ1) is 27.8. The van der Waals surface area contributed by atoms with Gasteiger partial charge in [0.2, 0.25) is 5.96 Å². The standard InChI is InChI=1S/C29H32N6O3S/c1-39-25-9-5-8-24(36)26(25)28(38)35(23-16-14-21(15-17-23)20-6-3-2-4-7-20)18-19-10-12-22(13-11-19)27(37)32-29(30)33-34-31/h5,8-17,20,36H,2-4,6-7,18H2,1H3,(H4,30,31,32,33,37). The fourth-order valence-corrected chi connectivity index (χ4v) is 5.50. The molecule has 0 unspecified atom stereocenters. The number of anilines is 1. The first-order valence-corrected chi connectivity index (χ1v) is 14.0. The molecule has 0 bridgehead atoms. The summed E-state index contributed by atoms with van der Waals surface area (Å²) in [7, 11) is 0. The van der Waals surface area contributed by atoms with E-state index in [1.165, 1.54) is 55.5 Å². The SMILES string of the molecule is CSc1cccc(O)c1C(=O)N(Cc1ccc(C(=O)NC(=N)N=NN)cc1)c1ccc(C2CCCCC2)cc1. The van der Waals surface area contributed by atoms with E-state index in [4.69, 9.17) is 11.3 Å². The number of carbonyl (C=O) groups is 2. The number of hydrogen-bond acceptors (Lipinski definition) is 6. The van der Waals surface area contributed by atoms with Crippen LogP contribution in [0.3, 0.4) is 0 Å². The summed E-state index contributed by atoms with van der Waals surface area (Å²) in [5.74, 6) is 4.09. The summed E-state index contributed by atoms with van der Waals surface area (Å²) in [5, 5.41) is 26.7. The van der Waals surface area contributed by atoms with Crippen molar-refractivity contribution < 1.29 is 14.7 Å². The number of carbonyl (C=O) groups excluding carboxylic acids is 2. The Labute approximate surface area is 232 Å². The number of benzene rings is 3. The quantitative estimate of drug-likeness (QED) is 0.0720. The van der Waals surface area contributed by atoms with Gasteiger partial charge in [-0.15, -0.1) is 11.8 Å². The van der Waals surface area contributed by atoms with Gasteiger partial charge in [-0.1, -0.05) is 59.9 Å². The molecule has 0 spiro atoms. The third-order valence-electron chi connectivity index (χ3n) is 6.91. The van der Waals surface area contributed by atoms with Crippen molar-refractivity contribution in [2.75, 3.05) is 11.2 Å². The molecule has 1 fully saturated rings. The topological polar surface area (TPSA) is 144 Å². The van der Waals surface area contributed by atoms with Gasteiger partial charge in [0.05, 0.1) is 12.1 Å². The Bertz CT molecular complexity index is 1350. The van der Waals surface area contributed by atoms with E-state index in [2.05, 4.69) is 27.8 Å². The molecule has 0 atom stereocenters. The van der Waals surface area contributed by atoms with Crippen LogP contribution in [0.4, 0.5) is 5.69 Å². The molecule has 0 saturated heterocycles. The molecule has 9 nitrogen and oxygen atoms in total. The van der Waals surface area contributed by atoms with Crippen molar-refractivity contribution in [2.45, 2.75) is 49.5 Å². The predicted molar refractivity (Wildman–Crippen MR) is 153 cm³/mol. The molecule has 2 amide bonds. The van der Waals surface area contributed by atoms with Crippen molar-refractivity contribution in [3.8, 4) is 5.75 Å². The van der Waals surface area contributed by atoms with Crippen LogP contribution in [0.25, 0.3) is 0 Å². The number of nitrogens with one attached hydrogen (secondary N) is 2. The summed E-state index contributed by atoms with van der Waals surface area (Å²) in [5.41, 5.74) is 3.36. The maximum Gasteiger partial charge on any atom is 0.263 e. The minimum Gasteiger partial charge on any atom is -0.507 e. The molecule has 1 aliphatic carbocycles. The molecule has 1 saturated carbocycles. The van der Waals surface area contributed by atoms with E-state index >= 15 is 0 Å². The number of aromatic hydroxyl groups is 1. The molecule has 10 heteroatoms. The van der Waals surface area contributed by atoms with E-state index in [1.54, 1.807) is 35.2 Å². The van der Waals surface area contributed by atoms with Crippen LogP contribution in [0.15, 0.2) is 82.0 Å². The van der Waals surface area contributed by atoms with Crippen LogP contribution >= 0.6 is 11.8 Å². The van der Waals surface area contributed by atoms with Gasteiger partial charge in [0.25, 0.3) is 11.8 Å². The summed E-state index contributed by atoms with van der Waals surface area (Å²) in [4.78, 5) is 28.6. The van der Waals surface area contributed by atoms with Gasteiger partial charge >= 0.3 is 0 Å². The van der Waals surface area contributed by atoms with Crippen LogP contribution in [0.5, 0.6) is 5.75 Å². The number of guanidine groups is 1. The van der Waals surface area contributed by atoms with Crippen molar-refractivity contribution in [3.05, 3.63) is 89.0 Å². The van der Waals surface area contributed by atoms with Crippen molar-refractivity contribution >= 4 is 35.2 Å². The lowest BCUT2D eigenvalue weighted by atomic mass is 9.84. The monoisotopic (exact) mass is 544 g/mol. The van der Waals surface area contributed by atoms with Crippen LogP contribution in [0.2, 0.25) is 0 Å². The molecule has 4 rings (SSSR count). The summed E-state index contributed by atoms with van der Waals surface area (Å²) in [6, 6.07) is 19.9. The van der Waals surface area contributed by atoms with E-state index < -0.39 is 11.9 Å². The number of amides is 2. The van der Waals surface area contributed by atoms with Crippen molar-refractivity contribution in [1.29, 1.82) is 5.41 Å². The van der Waals surface area contributed by atoms with E-state index in [9.17, 15) is 14.7 Å². The third kappa shape index (κ3) is 6.83. The smallest absolute Gasteiger partial charge is 0.263 e. The van der Waals surface area contributed by atoms with Gasteiger partial charge in [-0.05, 0) is 72.5 Å². The Morgan fingerprint density at radius 2 is 1.74 bits per heavy atom. The number of phenols is 1. The van der Waals surface area contributed by atoms with Crippen LogP contribution in [0.1, 0.15) is 69.9 Å². The molecule has 202 valence electrons. The van der Waals surface area contributed by atoms with Gasteiger partial charge in [0.15, 0.2) is 0 Å². The lowest BCUT2D eigenvalue weighted by molar-refractivity contribution is 0.0968. The van der Waals surface area contributed by atoms with Crippen molar-refractivity contribution in [3.63, 3.8) is 0 Å². The van der Waals surface area contributed by atoms with E-state index in [-0.39, 0.29) is 23.8 Å². The lowest BCUT2D eigenvalue weighted by Gasteiger charge is -2.26. The molecular weight excluding hydrogens is 512 g/mol. The molecule has 3 aromatic rings. The second-order valence-corrected chi connectivity index (χ2v) is 10.2. The summed E-state index contributed by atoms with van der Waals surface area (Å²) < 4.78 is 0. The third-order valence-corrected chi connectivity index (χ3v) is 7.69. The van der Waals surface area contributed by atoms with Crippen LogP contribution in [-0.4, -0.2) is 29.1 Å². The minimum atomic E-state index is -0.524. The molecule has 39 heavy (non-hydrogen) atoms. The summed E-state index contributed by atoms with van der Waals surface area (Å²) in [6.07, 6.45) is 8.02. The van der Waals surface area contributed by atoms with Gasteiger partial charge in [0, 0.05) is 16.1 Å². The second-order valence-electron chi connectivity index (χ2n) is 9.39. The molecule has 5 N–H and O–H groups in total. The first-order valence-electron chi connectivity index (χ1n) is 12.8. The van der Waals surface area contributed by atoms with Crippen LogP contribution in [-0.2, 0) is 6.54 Å². The highest BCUT2D eigenvalue weighted by atomic mass is 32.2. The van der Waals surface area contributed by atoms with Crippen molar-refractivity contribution in [2.24, 2.45) is 16.2 Å². The van der Waals surface area contributed by atoms with E-state index in [0.717, 1.165) is 11.3 Å². The summed E-state index contributed by atoms with van der Waals surface area (Å²) in [6.45, 7) is 0.225. The predicted octanol–water partition coefficient (Wildman–Crippen LogP) is 6.00. The average Bonchev–Trinajstić information content (AvgIpc) is 2.96. The average molecular weight is 545 g/mol. The zero-order chi connectivity index (χ0) is 27.8. The first-order chi connectivity index (χ1) is 18.9. The molecule has 0 heterocycles. The Morgan fingerprint density at radius 1 is 1.05 bits per heavy atom. The zero-order valence-electron chi connectivity index (χ0n) is 21.8. The van der Waals surface area contributed by atoms with Gasteiger partial charge in [0.1, 0.15) is 5.75 Å². The van der Waals surface area contributed by atoms with Gasteiger partial charge < -0.3 is 15.8 Å². The van der Waals surface area contributed by atoms with Crippen LogP contribution < -0.4 is 16.1 Å². The molecule has 1 aliphatic rings. The highest BCUT2D eigenvalue weighted by Crippen LogP contribution is 2.35. The highest BCUT2D eigenvalue weighted by Gasteiger charge is 2.25.